The molecule has 7 nitrogen and oxygen atoms in total. The number of aliphatic carboxylic acids is 1. The number of carbonyl (C=O) groups excluding carboxylic acids is 2. The van der Waals surface area contributed by atoms with Crippen LogP contribution in [0.3, 0.4) is 0 Å². The first-order valence-electron chi connectivity index (χ1n) is 11.5. The minimum Gasteiger partial charge on any atom is -0.481 e. The number of hydrogen-bond donors (Lipinski definition) is 2. The summed E-state index contributed by atoms with van der Waals surface area (Å²) in [5.41, 5.74) is 3.83. The molecule has 1 aliphatic heterocycles. The van der Waals surface area contributed by atoms with E-state index in [4.69, 9.17) is 4.74 Å². The zero-order valence-electron chi connectivity index (χ0n) is 18.6. The third-order valence-electron chi connectivity index (χ3n) is 7.39. The Hall–Kier alpha value is -3.35. The Morgan fingerprint density at radius 2 is 1.73 bits per heavy atom. The molecule has 0 spiro atoms. The van der Waals surface area contributed by atoms with Gasteiger partial charge in [0.05, 0.1) is 5.41 Å². The zero-order chi connectivity index (χ0) is 23.2. The lowest BCUT2D eigenvalue weighted by atomic mass is 9.90. The number of fused-ring (bicyclic) bond motifs is 3. The van der Waals surface area contributed by atoms with Gasteiger partial charge in [-0.1, -0.05) is 48.5 Å². The number of carbonyl (C=O) groups is 3. The lowest BCUT2D eigenvalue weighted by Crippen LogP contribution is -2.36. The fraction of sp³-hybridized carbons (Fsp3) is 0.423. The zero-order valence-corrected chi connectivity index (χ0v) is 18.6. The second kappa shape index (κ2) is 8.21. The van der Waals surface area contributed by atoms with Crippen molar-refractivity contribution >= 4 is 18.0 Å². The number of alkyl carbamates (subject to hydrolysis) is 1. The number of nitrogens with one attached hydrogen (secondary N) is 1. The molecule has 1 heterocycles. The van der Waals surface area contributed by atoms with Crippen LogP contribution in [0.25, 0.3) is 11.1 Å². The highest BCUT2D eigenvalue weighted by Crippen LogP contribution is 2.45. The van der Waals surface area contributed by atoms with E-state index in [1.54, 1.807) is 11.8 Å². The van der Waals surface area contributed by atoms with Gasteiger partial charge in [0.1, 0.15) is 6.61 Å². The molecule has 2 aromatic rings. The molecule has 172 valence electrons. The molecule has 2 aromatic carbocycles. The number of rotatable bonds is 6. The Kier molecular flexibility index (Phi) is 5.35. The number of amides is 2. The predicted molar refractivity (Wildman–Crippen MR) is 122 cm³/mol. The Labute approximate surface area is 192 Å². The molecule has 2 amide bonds. The highest BCUT2D eigenvalue weighted by Gasteiger charge is 2.49. The van der Waals surface area contributed by atoms with Crippen molar-refractivity contribution in [2.75, 3.05) is 26.2 Å². The highest BCUT2D eigenvalue weighted by molar-refractivity contribution is 5.84. The van der Waals surface area contributed by atoms with E-state index >= 15 is 0 Å². The summed E-state index contributed by atoms with van der Waals surface area (Å²) in [6, 6.07) is 16.4. The Morgan fingerprint density at radius 1 is 1.09 bits per heavy atom. The predicted octanol–water partition coefficient (Wildman–Crippen LogP) is 3.48. The first kappa shape index (κ1) is 21.5. The van der Waals surface area contributed by atoms with Crippen molar-refractivity contribution in [1.29, 1.82) is 0 Å². The molecule has 0 radical (unpaired) electrons. The molecule has 0 bridgehead atoms. The fourth-order valence-corrected chi connectivity index (χ4v) is 5.20. The Bertz CT molecular complexity index is 1070. The third kappa shape index (κ3) is 3.96. The molecule has 5 rings (SSSR count). The van der Waals surface area contributed by atoms with Gasteiger partial charge >= 0.3 is 12.1 Å². The van der Waals surface area contributed by atoms with E-state index in [-0.39, 0.29) is 36.8 Å². The first-order chi connectivity index (χ1) is 15.9. The van der Waals surface area contributed by atoms with Crippen molar-refractivity contribution in [3.63, 3.8) is 0 Å². The van der Waals surface area contributed by atoms with Crippen molar-refractivity contribution < 1.29 is 24.2 Å². The van der Waals surface area contributed by atoms with Gasteiger partial charge in [0.25, 0.3) is 0 Å². The van der Waals surface area contributed by atoms with E-state index in [0.29, 0.717) is 25.9 Å². The summed E-state index contributed by atoms with van der Waals surface area (Å²) >= 11 is 0. The number of likely N-dealkylation sites (tertiary alicyclic amines) is 1. The normalized spacial score (nSPS) is 25.3. The number of hydrogen-bond acceptors (Lipinski definition) is 4. The van der Waals surface area contributed by atoms with Gasteiger partial charge in [-0.25, -0.2) is 4.79 Å². The van der Waals surface area contributed by atoms with Crippen molar-refractivity contribution in [1.82, 2.24) is 10.2 Å². The van der Waals surface area contributed by atoms with Crippen LogP contribution in [-0.4, -0.2) is 54.2 Å². The van der Waals surface area contributed by atoms with Gasteiger partial charge in [0.15, 0.2) is 0 Å². The summed E-state index contributed by atoms with van der Waals surface area (Å²) in [6.07, 6.45) is 0.710. The number of carboxylic acids is 1. The van der Waals surface area contributed by atoms with Crippen molar-refractivity contribution in [2.45, 2.75) is 25.7 Å². The van der Waals surface area contributed by atoms with Crippen LogP contribution >= 0.6 is 0 Å². The van der Waals surface area contributed by atoms with E-state index < -0.39 is 17.5 Å². The summed E-state index contributed by atoms with van der Waals surface area (Å²) in [4.78, 5) is 38.1. The van der Waals surface area contributed by atoms with Crippen LogP contribution in [0.15, 0.2) is 48.5 Å². The molecule has 2 aliphatic carbocycles. The molecule has 1 saturated heterocycles. The number of benzene rings is 2. The molecule has 2 fully saturated rings. The van der Waals surface area contributed by atoms with Crippen molar-refractivity contribution in [3.05, 3.63) is 59.7 Å². The largest absolute Gasteiger partial charge is 0.481 e. The van der Waals surface area contributed by atoms with Crippen LogP contribution in [0.4, 0.5) is 4.79 Å². The third-order valence-corrected chi connectivity index (χ3v) is 7.39. The quantitative estimate of drug-likeness (QED) is 0.705. The minimum absolute atomic E-state index is 0.000637. The van der Waals surface area contributed by atoms with Gasteiger partial charge in [-0.15, -0.1) is 0 Å². The molecule has 3 atom stereocenters. The topological polar surface area (TPSA) is 95.9 Å². The van der Waals surface area contributed by atoms with Gasteiger partial charge in [-0.05, 0) is 47.9 Å². The smallest absolute Gasteiger partial charge is 0.407 e. The molecule has 0 aromatic heterocycles. The summed E-state index contributed by atoms with van der Waals surface area (Å²) < 4.78 is 5.56. The molecule has 1 saturated carbocycles. The maximum absolute atomic E-state index is 12.7. The van der Waals surface area contributed by atoms with Crippen molar-refractivity contribution in [3.8, 4) is 11.1 Å². The van der Waals surface area contributed by atoms with Crippen LogP contribution in [0.1, 0.15) is 36.8 Å². The van der Waals surface area contributed by atoms with Crippen LogP contribution < -0.4 is 5.32 Å². The molecule has 3 unspecified atom stereocenters. The van der Waals surface area contributed by atoms with Crippen LogP contribution in [-0.2, 0) is 14.3 Å². The molecule has 2 N–H and O–H groups in total. The summed E-state index contributed by atoms with van der Waals surface area (Å²) in [5, 5.41) is 12.2. The van der Waals surface area contributed by atoms with E-state index in [2.05, 4.69) is 29.6 Å². The molecule has 3 aliphatic rings. The number of carboxylic acid groups (broad SMARTS) is 1. The van der Waals surface area contributed by atoms with E-state index in [0.717, 1.165) is 0 Å². The van der Waals surface area contributed by atoms with Crippen LogP contribution in [0.5, 0.6) is 0 Å². The van der Waals surface area contributed by atoms with Gasteiger partial charge in [-0.3, -0.25) is 9.59 Å². The molecule has 7 heteroatoms. The lowest BCUT2D eigenvalue weighted by molar-refractivity contribution is -0.147. The fourth-order valence-electron chi connectivity index (χ4n) is 5.20. The van der Waals surface area contributed by atoms with Gasteiger partial charge in [0.2, 0.25) is 5.91 Å². The molecular weight excluding hydrogens is 420 g/mol. The molecular formula is C26H28N2O5. The SMILES string of the molecule is CC1(C(=O)O)CCN(C(=O)C2CC2CNC(=O)OCC2c3ccccc3-c3ccccc32)C1. The summed E-state index contributed by atoms with van der Waals surface area (Å²) in [7, 11) is 0. The van der Waals surface area contributed by atoms with Gasteiger partial charge in [-0.2, -0.15) is 0 Å². The summed E-state index contributed by atoms with van der Waals surface area (Å²) in [5.74, 6) is -0.914. The first-order valence-corrected chi connectivity index (χ1v) is 11.5. The number of ether oxygens (including phenoxy) is 1. The van der Waals surface area contributed by atoms with Gasteiger partial charge in [0, 0.05) is 31.5 Å². The van der Waals surface area contributed by atoms with E-state index in [1.807, 2.05) is 24.3 Å². The van der Waals surface area contributed by atoms with Gasteiger partial charge < -0.3 is 20.1 Å². The standard InChI is InChI=1S/C26H28N2O5/c1-26(24(30)31)10-11-28(15-26)23(29)21-12-16(21)13-27-25(32)33-14-22-19-8-4-2-6-17(19)18-7-3-5-9-20(18)22/h2-9,16,21-22H,10-15H2,1H3,(H,27,32)(H,30,31). The molecule has 33 heavy (non-hydrogen) atoms. The Balaban J connectivity index is 1.11. The van der Waals surface area contributed by atoms with Crippen LogP contribution in [0, 0.1) is 17.3 Å². The second-order valence-electron chi connectivity index (χ2n) is 9.68. The number of nitrogens with zero attached hydrogens (tertiary/aromatic N) is 1. The lowest BCUT2D eigenvalue weighted by Gasteiger charge is -2.20. The maximum atomic E-state index is 12.7. The summed E-state index contributed by atoms with van der Waals surface area (Å²) in [6.45, 7) is 3.06. The van der Waals surface area contributed by atoms with E-state index in [1.165, 1.54) is 22.3 Å². The second-order valence-corrected chi connectivity index (χ2v) is 9.68. The van der Waals surface area contributed by atoms with Crippen LogP contribution in [0.2, 0.25) is 0 Å². The minimum atomic E-state index is -0.862. The average Bonchev–Trinajstić information content (AvgIpc) is 3.37. The Morgan fingerprint density at radius 3 is 2.33 bits per heavy atom. The highest BCUT2D eigenvalue weighted by atomic mass is 16.5. The van der Waals surface area contributed by atoms with E-state index in [9.17, 15) is 19.5 Å². The van der Waals surface area contributed by atoms with Crippen molar-refractivity contribution in [2.24, 2.45) is 17.3 Å². The average molecular weight is 449 g/mol. The maximum Gasteiger partial charge on any atom is 0.407 e. The monoisotopic (exact) mass is 448 g/mol.